The van der Waals surface area contributed by atoms with Crippen LogP contribution in [0.15, 0.2) is 18.2 Å². The zero-order chi connectivity index (χ0) is 12.3. The number of aromatic nitrogens is 1. The minimum Gasteiger partial charge on any atom is -0.300 e. The maximum atomic E-state index is 11.4. The summed E-state index contributed by atoms with van der Waals surface area (Å²) >= 11 is 0. The highest BCUT2D eigenvalue weighted by Crippen LogP contribution is 2.20. The van der Waals surface area contributed by atoms with Crippen LogP contribution in [-0.4, -0.2) is 28.8 Å². The van der Waals surface area contributed by atoms with E-state index in [4.69, 9.17) is 0 Å². The second kappa shape index (κ2) is 5.41. The van der Waals surface area contributed by atoms with Gasteiger partial charge >= 0.3 is 0 Å². The number of aryl methyl sites for hydroxylation is 1. The molecular weight excluding hydrogens is 212 g/mol. The van der Waals surface area contributed by atoms with E-state index in [2.05, 4.69) is 16.9 Å². The Kier molecular flexibility index (Phi) is 3.89. The molecular formula is C14H20N2O. The minimum absolute atomic E-state index is 0.401. The van der Waals surface area contributed by atoms with Crippen LogP contribution in [-0.2, 0) is 11.3 Å². The summed E-state index contributed by atoms with van der Waals surface area (Å²) in [6.07, 6.45) is 3.65. The lowest BCUT2D eigenvalue weighted by atomic mass is 9.93. The Balaban J connectivity index is 1.96. The molecule has 17 heavy (non-hydrogen) atoms. The van der Waals surface area contributed by atoms with E-state index >= 15 is 0 Å². The van der Waals surface area contributed by atoms with Crippen molar-refractivity contribution in [3.05, 3.63) is 29.6 Å². The van der Waals surface area contributed by atoms with Crippen molar-refractivity contribution in [3.63, 3.8) is 0 Å². The normalized spacial score (nSPS) is 20.9. The first-order chi connectivity index (χ1) is 8.15. The molecule has 0 bridgehead atoms. The van der Waals surface area contributed by atoms with Gasteiger partial charge in [-0.15, -0.1) is 0 Å². The lowest BCUT2D eigenvalue weighted by molar-refractivity contribution is -0.121. The van der Waals surface area contributed by atoms with Gasteiger partial charge in [0, 0.05) is 31.1 Å². The fourth-order valence-electron chi connectivity index (χ4n) is 2.45. The Morgan fingerprint density at radius 1 is 1.47 bits per heavy atom. The number of carbonyl (C=O) groups is 1. The van der Waals surface area contributed by atoms with E-state index in [0.717, 1.165) is 37.2 Å². The first kappa shape index (κ1) is 12.2. The molecule has 1 fully saturated rings. The maximum absolute atomic E-state index is 11.4. The van der Waals surface area contributed by atoms with Gasteiger partial charge in [0.15, 0.2) is 0 Å². The van der Waals surface area contributed by atoms with E-state index < -0.39 is 0 Å². The minimum atomic E-state index is 0.401. The summed E-state index contributed by atoms with van der Waals surface area (Å²) in [5.41, 5.74) is 2.14. The summed E-state index contributed by atoms with van der Waals surface area (Å²) in [5, 5.41) is 0. The van der Waals surface area contributed by atoms with Gasteiger partial charge < -0.3 is 0 Å². The van der Waals surface area contributed by atoms with Crippen molar-refractivity contribution in [1.82, 2.24) is 9.88 Å². The summed E-state index contributed by atoms with van der Waals surface area (Å²) in [6, 6.07) is 6.50. The standard InChI is InChI=1S/C14H20N2O/c1-11-5-3-6-12(15-11)10-16(2)13-7-4-8-14(17)9-13/h3,5-6,13H,4,7-10H2,1-2H3. The van der Waals surface area contributed by atoms with Crippen LogP contribution in [0.1, 0.15) is 37.1 Å². The van der Waals surface area contributed by atoms with Crippen molar-refractivity contribution in [3.8, 4) is 0 Å². The Morgan fingerprint density at radius 2 is 2.29 bits per heavy atom. The molecule has 1 aliphatic carbocycles. The summed E-state index contributed by atoms with van der Waals surface area (Å²) in [5.74, 6) is 0.408. The molecule has 3 heteroatoms. The van der Waals surface area contributed by atoms with Crippen LogP contribution in [0.2, 0.25) is 0 Å². The van der Waals surface area contributed by atoms with Crippen LogP contribution in [0, 0.1) is 6.92 Å². The van der Waals surface area contributed by atoms with E-state index in [1.165, 1.54) is 0 Å². The summed E-state index contributed by atoms with van der Waals surface area (Å²) in [4.78, 5) is 18.2. The number of Topliss-reactive ketones (excluding diaryl/α,β-unsaturated/α-hetero) is 1. The smallest absolute Gasteiger partial charge is 0.134 e. The topological polar surface area (TPSA) is 33.2 Å². The Morgan fingerprint density at radius 3 is 3.00 bits per heavy atom. The van der Waals surface area contributed by atoms with Crippen LogP contribution < -0.4 is 0 Å². The first-order valence-electron chi connectivity index (χ1n) is 6.29. The van der Waals surface area contributed by atoms with E-state index in [-0.39, 0.29) is 0 Å². The van der Waals surface area contributed by atoms with Gasteiger partial charge in [0.2, 0.25) is 0 Å². The fourth-order valence-corrected chi connectivity index (χ4v) is 2.45. The molecule has 0 N–H and O–H groups in total. The number of pyridine rings is 1. The summed E-state index contributed by atoms with van der Waals surface area (Å²) in [7, 11) is 2.09. The van der Waals surface area contributed by atoms with Crippen molar-refractivity contribution in [2.75, 3.05) is 7.05 Å². The third-order valence-electron chi connectivity index (χ3n) is 3.44. The molecule has 1 aromatic rings. The molecule has 1 unspecified atom stereocenters. The van der Waals surface area contributed by atoms with Crippen molar-refractivity contribution >= 4 is 5.78 Å². The van der Waals surface area contributed by atoms with Crippen molar-refractivity contribution in [2.24, 2.45) is 0 Å². The van der Waals surface area contributed by atoms with Gasteiger partial charge in [-0.05, 0) is 38.9 Å². The number of hydrogen-bond acceptors (Lipinski definition) is 3. The fraction of sp³-hybridized carbons (Fsp3) is 0.571. The quantitative estimate of drug-likeness (QED) is 0.802. The predicted octanol–water partition coefficient (Wildman–Crippen LogP) is 2.33. The average molecular weight is 232 g/mol. The summed E-state index contributed by atoms with van der Waals surface area (Å²) < 4.78 is 0. The number of hydrogen-bond donors (Lipinski definition) is 0. The molecule has 0 saturated heterocycles. The Bertz CT molecular complexity index is 403. The van der Waals surface area contributed by atoms with Crippen LogP contribution in [0.3, 0.4) is 0 Å². The zero-order valence-electron chi connectivity index (χ0n) is 10.6. The second-order valence-electron chi connectivity index (χ2n) is 4.97. The molecule has 0 amide bonds. The molecule has 1 aliphatic rings. The highest BCUT2D eigenvalue weighted by atomic mass is 16.1. The van der Waals surface area contributed by atoms with Gasteiger partial charge in [-0.3, -0.25) is 14.7 Å². The highest BCUT2D eigenvalue weighted by molar-refractivity contribution is 5.79. The van der Waals surface area contributed by atoms with Gasteiger partial charge in [0.25, 0.3) is 0 Å². The third kappa shape index (κ3) is 3.37. The van der Waals surface area contributed by atoms with E-state index in [0.29, 0.717) is 18.2 Å². The monoisotopic (exact) mass is 232 g/mol. The lowest BCUT2D eigenvalue weighted by Gasteiger charge is -2.30. The number of nitrogens with zero attached hydrogens (tertiary/aromatic N) is 2. The van der Waals surface area contributed by atoms with E-state index in [9.17, 15) is 4.79 Å². The molecule has 1 aromatic heterocycles. The average Bonchev–Trinajstić information content (AvgIpc) is 2.29. The number of carbonyl (C=O) groups excluding carboxylic acids is 1. The van der Waals surface area contributed by atoms with Gasteiger partial charge in [0.1, 0.15) is 5.78 Å². The number of ketones is 1. The van der Waals surface area contributed by atoms with Gasteiger partial charge in [0.05, 0.1) is 5.69 Å². The molecule has 0 radical (unpaired) electrons. The maximum Gasteiger partial charge on any atom is 0.134 e. The predicted molar refractivity (Wildman–Crippen MR) is 67.7 cm³/mol. The largest absolute Gasteiger partial charge is 0.300 e. The van der Waals surface area contributed by atoms with Crippen molar-refractivity contribution in [1.29, 1.82) is 0 Å². The van der Waals surface area contributed by atoms with Crippen molar-refractivity contribution < 1.29 is 4.79 Å². The van der Waals surface area contributed by atoms with Crippen LogP contribution in [0.5, 0.6) is 0 Å². The van der Waals surface area contributed by atoms with E-state index in [1.54, 1.807) is 0 Å². The van der Waals surface area contributed by atoms with Crippen LogP contribution in [0.4, 0.5) is 0 Å². The molecule has 0 aromatic carbocycles. The molecule has 3 nitrogen and oxygen atoms in total. The van der Waals surface area contributed by atoms with Gasteiger partial charge in [-0.1, -0.05) is 6.07 Å². The van der Waals surface area contributed by atoms with Crippen molar-refractivity contribution in [2.45, 2.75) is 45.2 Å². The van der Waals surface area contributed by atoms with Gasteiger partial charge in [-0.25, -0.2) is 0 Å². The Hall–Kier alpha value is -1.22. The molecule has 1 saturated carbocycles. The Labute approximate surface area is 103 Å². The molecule has 1 heterocycles. The SMILES string of the molecule is Cc1cccc(CN(C)C2CCCC(=O)C2)n1. The molecule has 2 rings (SSSR count). The van der Waals surface area contributed by atoms with Gasteiger partial charge in [-0.2, -0.15) is 0 Å². The second-order valence-corrected chi connectivity index (χ2v) is 4.97. The number of rotatable bonds is 3. The lowest BCUT2D eigenvalue weighted by Crippen LogP contribution is -2.35. The zero-order valence-corrected chi connectivity index (χ0v) is 10.6. The summed E-state index contributed by atoms with van der Waals surface area (Å²) in [6.45, 7) is 2.84. The molecule has 92 valence electrons. The molecule has 0 aliphatic heterocycles. The third-order valence-corrected chi connectivity index (χ3v) is 3.44. The molecule has 1 atom stereocenters. The molecule has 0 spiro atoms. The first-order valence-corrected chi connectivity index (χ1v) is 6.29. The van der Waals surface area contributed by atoms with Crippen LogP contribution >= 0.6 is 0 Å². The highest BCUT2D eigenvalue weighted by Gasteiger charge is 2.22. The van der Waals surface area contributed by atoms with Crippen LogP contribution in [0.25, 0.3) is 0 Å². The van der Waals surface area contributed by atoms with E-state index in [1.807, 2.05) is 25.1 Å².